The van der Waals surface area contributed by atoms with Gasteiger partial charge in [-0.3, -0.25) is 9.59 Å². The Balaban J connectivity index is 1.67. The Labute approximate surface area is 225 Å². The first-order chi connectivity index (χ1) is 18.4. The SMILES string of the molecule is CS(=O)(=O)CC(=O)Nc1c2c(nn1CCCC(F)(F)F)C[C@]1(CCCc3cc(OCC(F)(F)F)ccc31)NC2=O. The molecule has 2 aromatic rings. The molecule has 1 aliphatic carbocycles. The minimum atomic E-state index is -4.52. The summed E-state index contributed by atoms with van der Waals surface area (Å²) < 4.78 is 105. The first kappa shape index (κ1) is 29.7. The fourth-order valence-electron chi connectivity index (χ4n) is 5.14. The van der Waals surface area contributed by atoms with Crippen molar-refractivity contribution in [3.8, 4) is 5.75 Å². The van der Waals surface area contributed by atoms with Crippen molar-refractivity contribution >= 4 is 27.5 Å². The number of aromatic nitrogens is 2. The predicted molar refractivity (Wildman–Crippen MR) is 130 cm³/mol. The number of hydrogen-bond donors (Lipinski definition) is 2. The molecule has 0 fully saturated rings. The lowest BCUT2D eigenvalue weighted by atomic mass is 9.72. The number of carbonyl (C=O) groups excluding carboxylic acids is 2. The van der Waals surface area contributed by atoms with Crippen LogP contribution in [0.4, 0.5) is 32.2 Å². The third-order valence-corrected chi connectivity index (χ3v) is 7.39. The summed E-state index contributed by atoms with van der Waals surface area (Å²) in [6.45, 7) is -1.77. The molecule has 1 aliphatic heterocycles. The molecule has 4 rings (SSSR count). The van der Waals surface area contributed by atoms with Crippen LogP contribution in [0, 0.1) is 0 Å². The first-order valence-electron chi connectivity index (χ1n) is 12.2. The Morgan fingerprint density at radius 2 is 1.93 bits per heavy atom. The molecule has 0 radical (unpaired) electrons. The molecule has 0 bridgehead atoms. The fraction of sp³-hybridized carbons (Fsp3) is 0.542. The summed E-state index contributed by atoms with van der Waals surface area (Å²) >= 11 is 0. The molecule has 16 heteroatoms. The molecular formula is C24H26F6N4O5S. The second-order valence-corrected chi connectivity index (χ2v) is 12.2. The number of amides is 2. The van der Waals surface area contributed by atoms with Gasteiger partial charge in [-0.05, 0) is 48.9 Å². The van der Waals surface area contributed by atoms with Crippen molar-refractivity contribution in [2.24, 2.45) is 0 Å². The number of carbonyl (C=O) groups is 2. The summed E-state index contributed by atoms with van der Waals surface area (Å²) in [5, 5.41) is 9.58. The lowest BCUT2D eigenvalue weighted by Gasteiger charge is -2.42. The summed E-state index contributed by atoms with van der Waals surface area (Å²) in [4.78, 5) is 25.8. The number of sulfone groups is 1. The Hall–Kier alpha value is -3.30. The van der Waals surface area contributed by atoms with Gasteiger partial charge in [-0.1, -0.05) is 6.07 Å². The van der Waals surface area contributed by atoms with Gasteiger partial charge in [0.05, 0.1) is 11.2 Å². The second kappa shape index (κ2) is 10.6. The predicted octanol–water partition coefficient (Wildman–Crippen LogP) is 3.67. The highest BCUT2D eigenvalue weighted by Crippen LogP contribution is 2.43. The quantitative estimate of drug-likeness (QED) is 0.449. The molecule has 0 saturated heterocycles. The van der Waals surface area contributed by atoms with Crippen LogP contribution in [-0.2, 0) is 39.6 Å². The monoisotopic (exact) mass is 596 g/mol. The van der Waals surface area contributed by atoms with Crippen LogP contribution < -0.4 is 15.4 Å². The number of benzene rings is 1. The summed E-state index contributed by atoms with van der Waals surface area (Å²) in [7, 11) is -3.75. The van der Waals surface area contributed by atoms with Crippen LogP contribution in [0.5, 0.6) is 5.75 Å². The average Bonchev–Trinajstić information content (AvgIpc) is 3.12. The third kappa shape index (κ3) is 7.06. The number of fused-ring (bicyclic) bond motifs is 3. The number of hydrogen-bond acceptors (Lipinski definition) is 6. The zero-order chi connectivity index (χ0) is 29.5. The van der Waals surface area contributed by atoms with Gasteiger partial charge in [0, 0.05) is 25.6 Å². The molecule has 0 saturated carbocycles. The number of ether oxygens (including phenoxy) is 1. The lowest BCUT2D eigenvalue weighted by Crippen LogP contribution is -2.52. The van der Waals surface area contributed by atoms with E-state index < -0.39 is 64.7 Å². The maximum atomic E-state index is 13.4. The van der Waals surface area contributed by atoms with E-state index in [1.165, 1.54) is 12.1 Å². The zero-order valence-corrected chi connectivity index (χ0v) is 22.0. The minimum Gasteiger partial charge on any atom is -0.484 e. The van der Waals surface area contributed by atoms with Crippen LogP contribution in [0.1, 0.15) is 52.9 Å². The van der Waals surface area contributed by atoms with Gasteiger partial charge < -0.3 is 15.4 Å². The summed E-state index contributed by atoms with van der Waals surface area (Å²) in [5.41, 5.74) is 0.416. The molecule has 0 unspecified atom stereocenters. The van der Waals surface area contributed by atoms with Crippen LogP contribution in [0.15, 0.2) is 18.2 Å². The van der Waals surface area contributed by atoms with E-state index in [0.29, 0.717) is 30.4 Å². The van der Waals surface area contributed by atoms with Gasteiger partial charge in [0.15, 0.2) is 16.4 Å². The average molecular weight is 597 g/mol. The van der Waals surface area contributed by atoms with E-state index in [4.69, 9.17) is 4.74 Å². The minimum absolute atomic E-state index is 0.0146. The van der Waals surface area contributed by atoms with Gasteiger partial charge in [-0.15, -0.1) is 0 Å². The maximum Gasteiger partial charge on any atom is 0.422 e. The summed E-state index contributed by atoms with van der Waals surface area (Å²) in [6, 6.07) is 4.42. The number of nitrogens with one attached hydrogen (secondary N) is 2. The molecule has 1 aromatic carbocycles. The van der Waals surface area contributed by atoms with Crippen LogP contribution in [0.3, 0.4) is 0 Å². The van der Waals surface area contributed by atoms with Crippen LogP contribution in [0.2, 0.25) is 0 Å². The van der Waals surface area contributed by atoms with Crippen molar-refractivity contribution in [3.05, 3.63) is 40.6 Å². The topological polar surface area (TPSA) is 119 Å². The molecule has 220 valence electrons. The number of nitrogens with zero attached hydrogens (tertiary/aromatic N) is 2. The Morgan fingerprint density at radius 1 is 1.20 bits per heavy atom. The highest BCUT2D eigenvalue weighted by molar-refractivity contribution is 7.91. The van der Waals surface area contributed by atoms with Gasteiger partial charge >= 0.3 is 12.4 Å². The van der Waals surface area contributed by atoms with Gasteiger partial charge in [-0.25, -0.2) is 13.1 Å². The van der Waals surface area contributed by atoms with Crippen LogP contribution >= 0.6 is 0 Å². The van der Waals surface area contributed by atoms with Gasteiger partial charge in [0.1, 0.15) is 22.9 Å². The molecule has 1 atom stereocenters. The Bertz CT molecular complexity index is 1420. The number of rotatable bonds is 8. The normalized spacial score (nSPS) is 19.1. The second-order valence-electron chi connectivity index (χ2n) is 10.0. The van der Waals surface area contributed by atoms with Crippen molar-refractivity contribution in [1.29, 1.82) is 0 Å². The van der Waals surface area contributed by atoms with Gasteiger partial charge in [-0.2, -0.15) is 31.4 Å². The highest BCUT2D eigenvalue weighted by Gasteiger charge is 2.45. The lowest BCUT2D eigenvalue weighted by molar-refractivity contribution is -0.153. The van der Waals surface area contributed by atoms with E-state index in [9.17, 15) is 44.3 Å². The Morgan fingerprint density at radius 3 is 2.58 bits per heavy atom. The number of halogens is 6. The van der Waals surface area contributed by atoms with E-state index >= 15 is 0 Å². The standard InChI is InChI=1S/C24H26F6N4O5S/c1-40(37,38)12-18(35)31-20-19-17(33-34(20)9-3-8-23(25,26)27)11-22(32-21(19)36)7-2-4-14-10-15(5-6-16(14)22)39-13-24(28,29)30/h5-6,10H,2-4,7-9,11-13H2,1H3,(H,31,35)(H,32,36)/t22-/m0/s1. The van der Waals surface area contributed by atoms with Crippen molar-refractivity contribution in [2.45, 2.75) is 63.0 Å². The molecule has 2 amide bonds. The molecular weight excluding hydrogens is 570 g/mol. The van der Waals surface area contributed by atoms with Crippen molar-refractivity contribution in [1.82, 2.24) is 15.1 Å². The van der Waals surface area contributed by atoms with E-state index in [2.05, 4.69) is 15.7 Å². The molecule has 1 aromatic heterocycles. The zero-order valence-electron chi connectivity index (χ0n) is 21.2. The largest absolute Gasteiger partial charge is 0.484 e. The summed E-state index contributed by atoms with van der Waals surface area (Å²) in [6.07, 6.45) is -8.06. The van der Waals surface area contributed by atoms with Gasteiger partial charge in [0.2, 0.25) is 5.91 Å². The molecule has 40 heavy (non-hydrogen) atoms. The maximum absolute atomic E-state index is 13.4. The van der Waals surface area contributed by atoms with Crippen LogP contribution in [-0.4, -0.2) is 61.0 Å². The third-order valence-electron chi connectivity index (χ3n) is 6.60. The van der Waals surface area contributed by atoms with E-state index in [-0.39, 0.29) is 35.8 Å². The van der Waals surface area contributed by atoms with Crippen molar-refractivity contribution in [2.75, 3.05) is 23.9 Å². The Kier molecular flexibility index (Phi) is 7.86. The molecule has 1 spiro atoms. The molecule has 2 heterocycles. The van der Waals surface area contributed by atoms with E-state index in [0.717, 1.165) is 10.9 Å². The molecule has 9 nitrogen and oxygen atoms in total. The summed E-state index contributed by atoms with van der Waals surface area (Å²) in [5.74, 6) is -2.76. The van der Waals surface area contributed by atoms with Gasteiger partial charge in [0.25, 0.3) is 5.91 Å². The van der Waals surface area contributed by atoms with E-state index in [1.807, 2.05) is 0 Å². The number of alkyl halides is 6. The molecule has 2 aliphatic rings. The number of aryl methyl sites for hydroxylation is 2. The number of anilines is 1. The molecule has 2 N–H and O–H groups in total. The highest BCUT2D eigenvalue weighted by atomic mass is 32.2. The smallest absolute Gasteiger partial charge is 0.422 e. The fourth-order valence-corrected chi connectivity index (χ4v) is 5.68. The van der Waals surface area contributed by atoms with Crippen molar-refractivity contribution in [3.63, 3.8) is 0 Å². The van der Waals surface area contributed by atoms with Crippen molar-refractivity contribution < 1.29 is 49.1 Å². The van der Waals surface area contributed by atoms with E-state index in [1.54, 1.807) is 6.07 Å². The first-order valence-corrected chi connectivity index (χ1v) is 14.3. The van der Waals surface area contributed by atoms with Crippen LogP contribution in [0.25, 0.3) is 0 Å².